The van der Waals surface area contributed by atoms with Crippen LogP contribution in [0.2, 0.25) is 0 Å². The van der Waals surface area contributed by atoms with Gasteiger partial charge in [0.25, 0.3) is 5.91 Å². The lowest BCUT2D eigenvalue weighted by Crippen LogP contribution is -2.49. The minimum Gasteiger partial charge on any atom is -0.497 e. The number of ether oxygens (including phenoxy) is 2. The van der Waals surface area contributed by atoms with Crippen LogP contribution in [0.3, 0.4) is 0 Å². The van der Waals surface area contributed by atoms with Crippen LogP contribution in [0.25, 0.3) is 33.9 Å². The maximum atomic E-state index is 12.8. The van der Waals surface area contributed by atoms with E-state index in [4.69, 9.17) is 28.3 Å². The predicted octanol–water partition coefficient (Wildman–Crippen LogP) is 4.66. The Hall–Kier alpha value is -5.12. The molecule has 0 N–H and O–H groups in total. The summed E-state index contributed by atoms with van der Waals surface area (Å²) >= 11 is 0. The lowest BCUT2D eigenvalue weighted by Gasteiger charge is -2.36. The van der Waals surface area contributed by atoms with Crippen LogP contribution in [0.4, 0.5) is 5.69 Å². The first-order valence-electron chi connectivity index (χ1n) is 12.8. The number of anilines is 1. The van der Waals surface area contributed by atoms with Crippen LogP contribution in [-0.4, -0.2) is 66.6 Å². The highest BCUT2D eigenvalue weighted by atomic mass is 16.5. The predicted molar refractivity (Wildman–Crippen MR) is 147 cm³/mol. The first kappa shape index (κ1) is 25.2. The second kappa shape index (κ2) is 10.9. The summed E-state index contributed by atoms with van der Waals surface area (Å²) in [7, 11) is 1.64. The lowest BCUT2D eigenvalue weighted by atomic mass is 10.1. The van der Waals surface area contributed by atoms with E-state index in [0.29, 0.717) is 60.1 Å². The first-order valence-corrected chi connectivity index (χ1v) is 12.8. The van der Waals surface area contributed by atoms with Crippen molar-refractivity contribution in [3.63, 3.8) is 0 Å². The fraction of sp³-hybridized carbons (Fsp3) is 0.200. The van der Waals surface area contributed by atoms with Crippen LogP contribution in [0.1, 0.15) is 10.4 Å². The summed E-state index contributed by atoms with van der Waals surface area (Å²) in [5, 5.41) is 0. The molecule has 0 atom stereocenters. The van der Waals surface area contributed by atoms with E-state index >= 15 is 0 Å². The number of fused-ring (bicyclic) bond motifs is 1. The van der Waals surface area contributed by atoms with Crippen molar-refractivity contribution in [2.24, 2.45) is 0 Å². The van der Waals surface area contributed by atoms with E-state index in [9.17, 15) is 9.59 Å². The maximum Gasteiger partial charge on any atom is 0.338 e. The zero-order valence-corrected chi connectivity index (χ0v) is 21.8. The van der Waals surface area contributed by atoms with Crippen LogP contribution in [0.15, 0.2) is 88.1 Å². The number of benzene rings is 2. The van der Waals surface area contributed by atoms with Gasteiger partial charge in [0.1, 0.15) is 17.1 Å². The van der Waals surface area contributed by atoms with E-state index in [1.54, 1.807) is 67.0 Å². The first-order chi connectivity index (χ1) is 19.6. The fourth-order valence-corrected chi connectivity index (χ4v) is 4.66. The van der Waals surface area contributed by atoms with E-state index in [0.717, 1.165) is 11.4 Å². The monoisotopic (exact) mass is 538 g/mol. The number of amides is 1. The fourth-order valence-electron chi connectivity index (χ4n) is 4.66. The van der Waals surface area contributed by atoms with Gasteiger partial charge in [-0.2, -0.15) is 0 Å². The number of esters is 1. The minimum absolute atomic E-state index is 0.230. The van der Waals surface area contributed by atoms with Crippen LogP contribution >= 0.6 is 0 Å². The standard InChI is InChI=1S/C30H26N4O6/c1-37-22-9-7-21(8-10-22)33-12-14-34(15-13-33)27(35)19-40-30(36)20-6-11-23-24(18-20)32-29(26-5-3-17-39-26)28(31-23)25-4-2-16-38-25/h2-11,16-18H,12-15,19H2,1H3. The zero-order valence-electron chi connectivity index (χ0n) is 21.8. The Morgan fingerprint density at radius 3 is 2.08 bits per heavy atom. The minimum atomic E-state index is -0.608. The number of methoxy groups -OCH3 is 1. The molecule has 10 nitrogen and oxygen atoms in total. The molecule has 0 radical (unpaired) electrons. The van der Waals surface area contributed by atoms with Crippen molar-refractivity contribution in [2.45, 2.75) is 0 Å². The van der Waals surface area contributed by atoms with Gasteiger partial charge in [0.15, 0.2) is 18.1 Å². The summed E-state index contributed by atoms with van der Waals surface area (Å²) in [4.78, 5) is 39.0. The molecule has 202 valence electrons. The molecule has 1 saturated heterocycles. The maximum absolute atomic E-state index is 12.8. The third kappa shape index (κ3) is 5.11. The molecule has 1 aliphatic rings. The van der Waals surface area contributed by atoms with Gasteiger partial charge in [-0.05, 0) is 66.7 Å². The molecular formula is C30H26N4O6. The van der Waals surface area contributed by atoms with E-state index in [2.05, 4.69) is 4.90 Å². The van der Waals surface area contributed by atoms with Gasteiger partial charge in [-0.15, -0.1) is 0 Å². The van der Waals surface area contributed by atoms with Crippen molar-refractivity contribution in [1.82, 2.24) is 14.9 Å². The number of nitrogens with zero attached hydrogens (tertiary/aromatic N) is 4. The molecule has 1 fully saturated rings. The molecular weight excluding hydrogens is 512 g/mol. The smallest absolute Gasteiger partial charge is 0.338 e. The highest BCUT2D eigenvalue weighted by Crippen LogP contribution is 2.31. The largest absolute Gasteiger partial charge is 0.497 e. The van der Waals surface area contributed by atoms with E-state index < -0.39 is 5.97 Å². The summed E-state index contributed by atoms with van der Waals surface area (Å²) < 4.78 is 21.7. The molecule has 0 unspecified atom stereocenters. The lowest BCUT2D eigenvalue weighted by molar-refractivity contribution is -0.134. The SMILES string of the molecule is COc1ccc(N2CCN(C(=O)COC(=O)c3ccc4nc(-c5ccco5)c(-c5ccco5)nc4c3)CC2)cc1. The van der Waals surface area contributed by atoms with Crippen molar-refractivity contribution in [3.8, 4) is 28.7 Å². The summed E-state index contributed by atoms with van der Waals surface area (Å²) in [5.41, 5.74) is 3.42. The van der Waals surface area contributed by atoms with Crippen molar-refractivity contribution in [3.05, 3.63) is 84.8 Å². The summed E-state index contributed by atoms with van der Waals surface area (Å²) in [6, 6.07) is 19.8. The Morgan fingerprint density at radius 1 is 0.825 bits per heavy atom. The molecule has 40 heavy (non-hydrogen) atoms. The average Bonchev–Trinajstić information content (AvgIpc) is 3.74. The highest BCUT2D eigenvalue weighted by molar-refractivity contribution is 5.95. The summed E-state index contributed by atoms with van der Waals surface area (Å²) in [5.74, 6) is 1.03. The number of carbonyl (C=O) groups excluding carboxylic acids is 2. The highest BCUT2D eigenvalue weighted by Gasteiger charge is 2.23. The second-order valence-corrected chi connectivity index (χ2v) is 9.22. The third-order valence-electron chi connectivity index (χ3n) is 6.81. The van der Waals surface area contributed by atoms with E-state index in [1.165, 1.54) is 0 Å². The quantitative estimate of drug-likeness (QED) is 0.273. The number of aromatic nitrogens is 2. The summed E-state index contributed by atoms with van der Waals surface area (Å²) in [6.45, 7) is 2.13. The molecule has 2 aromatic carbocycles. The molecule has 0 spiro atoms. The average molecular weight is 539 g/mol. The van der Waals surface area contributed by atoms with Crippen LogP contribution in [0, 0.1) is 0 Å². The molecule has 5 aromatic rings. The topological polar surface area (TPSA) is 111 Å². The third-order valence-corrected chi connectivity index (χ3v) is 6.81. The molecule has 3 aromatic heterocycles. The van der Waals surface area contributed by atoms with E-state index in [1.807, 2.05) is 24.3 Å². The molecule has 0 bridgehead atoms. The number of piperazine rings is 1. The van der Waals surface area contributed by atoms with E-state index in [-0.39, 0.29) is 18.1 Å². The molecule has 6 rings (SSSR count). The van der Waals surface area contributed by atoms with Gasteiger partial charge in [-0.3, -0.25) is 4.79 Å². The molecule has 4 heterocycles. The molecule has 0 saturated carbocycles. The van der Waals surface area contributed by atoms with Gasteiger partial charge in [0, 0.05) is 31.9 Å². The summed E-state index contributed by atoms with van der Waals surface area (Å²) in [6.07, 6.45) is 3.12. The Bertz CT molecular complexity index is 1620. The van der Waals surface area contributed by atoms with Gasteiger partial charge in [0.05, 0.1) is 36.2 Å². The molecule has 1 amide bonds. The Kier molecular flexibility index (Phi) is 6.88. The molecule has 1 aliphatic heterocycles. The Balaban J connectivity index is 1.11. The van der Waals surface area contributed by atoms with Crippen molar-refractivity contribution in [2.75, 3.05) is 44.8 Å². The second-order valence-electron chi connectivity index (χ2n) is 9.22. The van der Waals surface area contributed by atoms with Gasteiger partial charge in [-0.1, -0.05) is 0 Å². The molecule has 10 heteroatoms. The van der Waals surface area contributed by atoms with Crippen LogP contribution in [-0.2, 0) is 9.53 Å². The number of carbonyl (C=O) groups is 2. The zero-order chi connectivity index (χ0) is 27.5. The van der Waals surface area contributed by atoms with Gasteiger partial charge in [0.2, 0.25) is 0 Å². The number of hydrogen-bond acceptors (Lipinski definition) is 9. The Labute approximate surface area is 229 Å². The van der Waals surface area contributed by atoms with Crippen molar-refractivity contribution < 1.29 is 27.9 Å². The van der Waals surface area contributed by atoms with Gasteiger partial charge < -0.3 is 28.1 Å². The van der Waals surface area contributed by atoms with Gasteiger partial charge >= 0.3 is 5.97 Å². The number of furan rings is 2. The number of hydrogen-bond donors (Lipinski definition) is 0. The number of rotatable bonds is 7. The normalized spacial score (nSPS) is 13.4. The Morgan fingerprint density at radius 2 is 1.48 bits per heavy atom. The van der Waals surface area contributed by atoms with Crippen LogP contribution in [0.5, 0.6) is 5.75 Å². The molecule has 0 aliphatic carbocycles. The van der Waals surface area contributed by atoms with Crippen LogP contribution < -0.4 is 9.64 Å². The van der Waals surface area contributed by atoms with Crippen molar-refractivity contribution >= 4 is 28.6 Å². The van der Waals surface area contributed by atoms with Crippen molar-refractivity contribution in [1.29, 1.82) is 0 Å². The van der Waals surface area contributed by atoms with Gasteiger partial charge in [-0.25, -0.2) is 14.8 Å².